The van der Waals surface area contributed by atoms with Gasteiger partial charge in [0.2, 0.25) is 0 Å². The van der Waals surface area contributed by atoms with Crippen molar-refractivity contribution in [1.29, 1.82) is 0 Å². The van der Waals surface area contributed by atoms with Gasteiger partial charge in [-0.2, -0.15) is 11.8 Å². The maximum atomic E-state index is 12.8. The van der Waals surface area contributed by atoms with Crippen LogP contribution in [0.4, 0.5) is 0 Å². The number of rotatable bonds is 2. The highest BCUT2D eigenvalue weighted by Gasteiger charge is 2.32. The van der Waals surface area contributed by atoms with Crippen molar-refractivity contribution < 1.29 is 14.7 Å². The summed E-state index contributed by atoms with van der Waals surface area (Å²) in [5, 5.41) is 9.45. The summed E-state index contributed by atoms with van der Waals surface area (Å²) in [4.78, 5) is 26.2. The van der Waals surface area contributed by atoms with Crippen LogP contribution >= 0.6 is 11.8 Å². The van der Waals surface area contributed by atoms with Crippen LogP contribution in [-0.2, 0) is 0 Å². The van der Waals surface area contributed by atoms with Gasteiger partial charge in [0.05, 0.1) is 11.1 Å². The third-order valence-electron chi connectivity index (χ3n) is 3.76. The first-order valence-electron chi connectivity index (χ1n) is 6.99. The summed E-state index contributed by atoms with van der Waals surface area (Å²) in [7, 11) is 0. The van der Waals surface area contributed by atoms with Gasteiger partial charge < -0.3 is 10.0 Å². The molecule has 0 aliphatic carbocycles. The molecule has 5 heteroatoms. The highest BCUT2D eigenvalue weighted by atomic mass is 32.2. The van der Waals surface area contributed by atoms with Gasteiger partial charge in [0.15, 0.2) is 0 Å². The summed E-state index contributed by atoms with van der Waals surface area (Å²) in [6.45, 7) is 9.05. The smallest absolute Gasteiger partial charge is 0.336 e. The Morgan fingerprint density at radius 1 is 1.19 bits per heavy atom. The molecular formula is C16H21NO3S. The minimum Gasteiger partial charge on any atom is -0.478 e. The van der Waals surface area contributed by atoms with Crippen molar-refractivity contribution in [3.63, 3.8) is 0 Å². The summed E-state index contributed by atoms with van der Waals surface area (Å²) < 4.78 is 0.00896. The minimum atomic E-state index is -1.04. The molecule has 0 atom stereocenters. The molecule has 0 radical (unpaired) electrons. The second kappa shape index (κ2) is 5.72. The molecule has 1 amide bonds. The molecule has 1 aliphatic rings. The number of amides is 1. The fraction of sp³-hybridized carbons (Fsp3) is 0.500. The van der Waals surface area contributed by atoms with Crippen LogP contribution in [0.15, 0.2) is 12.1 Å². The Balaban J connectivity index is 2.44. The minimum absolute atomic E-state index is 0.00896. The highest BCUT2D eigenvalue weighted by Crippen LogP contribution is 2.31. The van der Waals surface area contributed by atoms with Crippen molar-refractivity contribution in [3.05, 3.63) is 34.4 Å². The molecule has 114 valence electrons. The van der Waals surface area contributed by atoms with Crippen molar-refractivity contribution in [3.8, 4) is 0 Å². The zero-order chi connectivity index (χ0) is 15.8. The lowest BCUT2D eigenvalue weighted by molar-refractivity contribution is 0.0672. The van der Waals surface area contributed by atoms with Gasteiger partial charge in [-0.05, 0) is 38.8 Å². The van der Waals surface area contributed by atoms with Crippen molar-refractivity contribution >= 4 is 23.6 Å². The molecule has 1 saturated heterocycles. The normalized spacial score (nSPS) is 17.6. The van der Waals surface area contributed by atoms with E-state index in [-0.39, 0.29) is 16.2 Å². The Morgan fingerprint density at radius 2 is 1.76 bits per heavy atom. The van der Waals surface area contributed by atoms with Crippen molar-refractivity contribution in [1.82, 2.24) is 4.90 Å². The number of carboxylic acid groups (broad SMARTS) is 1. The van der Waals surface area contributed by atoms with Crippen LogP contribution < -0.4 is 0 Å². The van der Waals surface area contributed by atoms with Gasteiger partial charge >= 0.3 is 5.97 Å². The largest absolute Gasteiger partial charge is 0.478 e. The Labute approximate surface area is 129 Å². The summed E-state index contributed by atoms with van der Waals surface area (Å²) >= 11 is 1.84. The molecule has 1 aliphatic heterocycles. The predicted octanol–water partition coefficient (Wildman–Crippen LogP) is 2.97. The summed E-state index contributed by atoms with van der Waals surface area (Å²) in [6, 6.07) is 3.57. The van der Waals surface area contributed by atoms with Gasteiger partial charge in [-0.25, -0.2) is 4.79 Å². The van der Waals surface area contributed by atoms with E-state index in [4.69, 9.17) is 0 Å². The molecule has 1 aromatic rings. The number of carbonyl (C=O) groups is 2. The number of aromatic carboxylic acids is 1. The lowest BCUT2D eigenvalue weighted by Gasteiger charge is -2.38. The Morgan fingerprint density at radius 3 is 2.29 bits per heavy atom. The number of hydrogen-bond donors (Lipinski definition) is 1. The Hall–Kier alpha value is -1.49. The topological polar surface area (TPSA) is 57.6 Å². The van der Waals surface area contributed by atoms with Gasteiger partial charge in [0.1, 0.15) is 0 Å². The summed E-state index contributed by atoms with van der Waals surface area (Å²) in [5.74, 6) is -0.321. The number of benzene rings is 1. The number of carboxylic acids is 1. The van der Waals surface area contributed by atoms with Crippen LogP contribution in [0.5, 0.6) is 0 Å². The molecule has 0 spiro atoms. The molecule has 0 saturated carbocycles. The molecule has 0 unspecified atom stereocenters. The Bertz CT molecular complexity index is 595. The zero-order valence-corrected chi connectivity index (χ0v) is 13.7. The van der Waals surface area contributed by atoms with E-state index in [1.54, 1.807) is 24.8 Å². The van der Waals surface area contributed by atoms with E-state index < -0.39 is 5.97 Å². The Kier molecular flexibility index (Phi) is 4.33. The molecule has 0 aromatic heterocycles. The van der Waals surface area contributed by atoms with E-state index in [0.29, 0.717) is 24.2 Å². The van der Waals surface area contributed by atoms with Gasteiger partial charge in [-0.15, -0.1) is 0 Å². The quantitative estimate of drug-likeness (QED) is 0.912. The van der Waals surface area contributed by atoms with Crippen LogP contribution in [0.2, 0.25) is 0 Å². The van der Waals surface area contributed by atoms with Gasteiger partial charge in [-0.3, -0.25) is 4.79 Å². The molecule has 0 bridgehead atoms. The number of carbonyl (C=O) groups excluding carboxylic acids is 1. The van der Waals surface area contributed by atoms with Crippen LogP contribution in [-0.4, -0.2) is 45.5 Å². The van der Waals surface area contributed by atoms with Crippen LogP contribution in [0.25, 0.3) is 0 Å². The number of nitrogens with zero attached hydrogens (tertiary/aromatic N) is 1. The zero-order valence-electron chi connectivity index (χ0n) is 12.9. The van der Waals surface area contributed by atoms with Crippen LogP contribution in [0, 0.1) is 13.8 Å². The second-order valence-corrected chi connectivity index (χ2v) is 7.89. The molecule has 1 N–H and O–H groups in total. The number of aryl methyl sites for hydroxylation is 2. The summed E-state index contributed by atoms with van der Waals surface area (Å²) in [5.41, 5.74) is 1.82. The van der Waals surface area contributed by atoms with Gasteiger partial charge in [0.25, 0.3) is 5.91 Å². The maximum Gasteiger partial charge on any atom is 0.336 e. The molecular weight excluding hydrogens is 286 g/mol. The fourth-order valence-corrected chi connectivity index (χ4v) is 3.82. The molecule has 1 fully saturated rings. The lowest BCUT2D eigenvalue weighted by atomic mass is 9.96. The predicted molar refractivity (Wildman–Crippen MR) is 85.3 cm³/mol. The van der Waals surface area contributed by atoms with E-state index in [9.17, 15) is 14.7 Å². The van der Waals surface area contributed by atoms with Gasteiger partial charge in [-0.1, -0.05) is 12.1 Å². The monoisotopic (exact) mass is 307 g/mol. The maximum absolute atomic E-state index is 12.8. The molecule has 1 heterocycles. The van der Waals surface area contributed by atoms with Crippen molar-refractivity contribution in [2.45, 2.75) is 32.4 Å². The fourth-order valence-electron chi connectivity index (χ4n) is 2.71. The third kappa shape index (κ3) is 3.23. The number of thioether (sulfide) groups is 1. The van der Waals surface area contributed by atoms with E-state index >= 15 is 0 Å². The molecule has 1 aromatic carbocycles. The molecule has 4 nitrogen and oxygen atoms in total. The first-order chi connectivity index (χ1) is 9.73. The van der Waals surface area contributed by atoms with E-state index in [1.165, 1.54) is 0 Å². The second-order valence-electron chi connectivity index (χ2n) is 6.09. The SMILES string of the molecule is Cc1ccc(C)c(C(=O)N2CCSC(C)(C)C2)c1C(=O)O. The number of hydrogen-bond acceptors (Lipinski definition) is 3. The van der Waals surface area contributed by atoms with Crippen molar-refractivity contribution in [2.75, 3.05) is 18.8 Å². The average Bonchev–Trinajstić information content (AvgIpc) is 2.38. The van der Waals surface area contributed by atoms with Gasteiger partial charge in [0, 0.05) is 23.6 Å². The standard InChI is InChI=1S/C16H21NO3S/c1-10-5-6-11(2)13(15(19)20)12(10)14(18)17-7-8-21-16(3,4)9-17/h5-6H,7-9H2,1-4H3,(H,19,20). The highest BCUT2D eigenvalue weighted by molar-refractivity contribution is 8.00. The molecule has 21 heavy (non-hydrogen) atoms. The molecule has 2 rings (SSSR count). The van der Waals surface area contributed by atoms with E-state index in [1.807, 2.05) is 17.8 Å². The summed E-state index contributed by atoms with van der Waals surface area (Å²) in [6.07, 6.45) is 0. The van der Waals surface area contributed by atoms with E-state index in [2.05, 4.69) is 13.8 Å². The first kappa shape index (κ1) is 15.9. The average molecular weight is 307 g/mol. The van der Waals surface area contributed by atoms with Crippen LogP contribution in [0.1, 0.15) is 45.7 Å². The lowest BCUT2D eigenvalue weighted by Crippen LogP contribution is -2.46. The van der Waals surface area contributed by atoms with Crippen molar-refractivity contribution in [2.24, 2.45) is 0 Å². The van der Waals surface area contributed by atoms with Crippen LogP contribution in [0.3, 0.4) is 0 Å². The first-order valence-corrected chi connectivity index (χ1v) is 7.98. The third-order valence-corrected chi connectivity index (χ3v) is 5.06. The van der Waals surface area contributed by atoms with E-state index in [0.717, 1.165) is 11.3 Å².